The number of hydrogen-bond acceptors (Lipinski definition) is 5. The fourth-order valence-electron chi connectivity index (χ4n) is 4.11. The van der Waals surface area contributed by atoms with Crippen LogP contribution in [0.3, 0.4) is 0 Å². The molecule has 9 heteroatoms. The van der Waals surface area contributed by atoms with Crippen LogP contribution in [0.25, 0.3) is 0 Å². The molecule has 2 aliphatic heterocycles. The van der Waals surface area contributed by atoms with E-state index in [0.29, 0.717) is 11.6 Å². The summed E-state index contributed by atoms with van der Waals surface area (Å²) in [4.78, 5) is 2.56. The van der Waals surface area contributed by atoms with E-state index in [1.807, 2.05) is 0 Å². The van der Waals surface area contributed by atoms with Gasteiger partial charge in [-0.2, -0.15) is 5.10 Å². The molecule has 1 fully saturated rings. The molecule has 4 rings (SSSR count). The Bertz CT molecular complexity index is 968. The van der Waals surface area contributed by atoms with Crippen LogP contribution in [0.1, 0.15) is 36.7 Å². The number of fused-ring (bicyclic) bond motifs is 1. The van der Waals surface area contributed by atoms with Crippen LogP contribution in [0.2, 0.25) is 5.02 Å². The highest BCUT2D eigenvalue weighted by Gasteiger charge is 2.27. The first-order valence-electron chi connectivity index (χ1n) is 10.1. The van der Waals surface area contributed by atoms with Crippen LogP contribution in [0.4, 0.5) is 0 Å². The smallest absolute Gasteiger partial charge is 0.240 e. The topological polar surface area (TPSA) is 76.5 Å². The number of nitrogens with one attached hydrogen (secondary N) is 1. The van der Waals surface area contributed by atoms with Crippen molar-refractivity contribution in [3.8, 4) is 0 Å². The Kier molecular flexibility index (Phi) is 6.27. The number of sulfonamides is 1. The zero-order valence-electron chi connectivity index (χ0n) is 16.6. The minimum absolute atomic E-state index is 0.0688. The number of ether oxygens (including phenoxy) is 1. The van der Waals surface area contributed by atoms with Gasteiger partial charge < -0.3 is 4.74 Å². The van der Waals surface area contributed by atoms with Gasteiger partial charge in [-0.1, -0.05) is 17.7 Å². The van der Waals surface area contributed by atoms with Crippen molar-refractivity contribution < 1.29 is 13.2 Å². The summed E-state index contributed by atoms with van der Waals surface area (Å²) in [5, 5.41) is 5.22. The molecule has 0 spiro atoms. The van der Waals surface area contributed by atoms with Gasteiger partial charge in [0.15, 0.2) is 0 Å². The minimum atomic E-state index is -3.56. The van der Waals surface area contributed by atoms with Gasteiger partial charge in [-0.25, -0.2) is 13.1 Å². The van der Waals surface area contributed by atoms with Crippen LogP contribution < -0.4 is 4.72 Å². The van der Waals surface area contributed by atoms with Crippen LogP contribution in [0.15, 0.2) is 29.2 Å². The second-order valence-electron chi connectivity index (χ2n) is 7.62. The predicted octanol–water partition coefficient (Wildman–Crippen LogP) is 2.57. The van der Waals surface area contributed by atoms with Gasteiger partial charge in [0.25, 0.3) is 0 Å². The van der Waals surface area contributed by atoms with E-state index in [9.17, 15) is 8.42 Å². The van der Waals surface area contributed by atoms with E-state index < -0.39 is 10.0 Å². The first-order valence-corrected chi connectivity index (χ1v) is 12.0. The van der Waals surface area contributed by atoms with Crippen LogP contribution in [-0.4, -0.2) is 48.8 Å². The summed E-state index contributed by atoms with van der Waals surface area (Å²) in [7, 11) is -3.56. The van der Waals surface area contributed by atoms with Gasteiger partial charge in [0.05, 0.1) is 23.8 Å². The maximum atomic E-state index is 12.6. The number of likely N-dealkylation sites (tertiary alicyclic amines) is 1. The van der Waals surface area contributed by atoms with Crippen LogP contribution >= 0.6 is 11.6 Å². The van der Waals surface area contributed by atoms with Gasteiger partial charge in [0, 0.05) is 54.9 Å². The summed E-state index contributed by atoms with van der Waals surface area (Å²) < 4.78 is 35.8. The maximum absolute atomic E-state index is 12.6. The Morgan fingerprint density at radius 1 is 1.31 bits per heavy atom. The van der Waals surface area contributed by atoms with Crippen molar-refractivity contribution in [2.24, 2.45) is 0 Å². The third-order valence-electron chi connectivity index (χ3n) is 5.67. The number of hydrogen-bond donors (Lipinski definition) is 1. The fourth-order valence-corrected chi connectivity index (χ4v) is 5.71. The molecule has 0 bridgehead atoms. The van der Waals surface area contributed by atoms with Crippen LogP contribution in [0, 0.1) is 0 Å². The Hall–Kier alpha value is -1.45. The monoisotopic (exact) mass is 438 g/mol. The number of halogens is 1. The van der Waals surface area contributed by atoms with E-state index in [4.69, 9.17) is 21.4 Å². The lowest BCUT2D eigenvalue weighted by Gasteiger charge is -2.32. The molecule has 1 aromatic heterocycles. The molecule has 158 valence electrons. The normalized spacial score (nSPS) is 18.7. The Morgan fingerprint density at radius 3 is 2.83 bits per heavy atom. The molecule has 1 saturated heterocycles. The summed E-state index contributed by atoms with van der Waals surface area (Å²) >= 11 is 5.94. The third kappa shape index (κ3) is 4.67. The molecular weight excluding hydrogens is 412 g/mol. The highest BCUT2D eigenvalue weighted by atomic mass is 35.5. The summed E-state index contributed by atoms with van der Waals surface area (Å²) in [6.45, 7) is 6.83. The molecular formula is C20H27ClN4O3S. The van der Waals surface area contributed by atoms with Crippen LogP contribution in [0.5, 0.6) is 0 Å². The Balaban J connectivity index is 1.36. The van der Waals surface area contributed by atoms with Crippen LogP contribution in [-0.2, 0) is 40.9 Å². The second kappa shape index (κ2) is 8.73. The Labute approximate surface area is 177 Å². The third-order valence-corrected chi connectivity index (χ3v) is 7.42. The van der Waals surface area contributed by atoms with E-state index in [1.54, 1.807) is 18.2 Å². The number of piperidine rings is 1. The molecule has 1 N–H and O–H groups in total. The predicted molar refractivity (Wildman–Crippen MR) is 111 cm³/mol. The van der Waals surface area contributed by atoms with E-state index in [2.05, 4.69) is 21.2 Å². The lowest BCUT2D eigenvalue weighted by molar-refractivity contribution is 0.107. The van der Waals surface area contributed by atoms with Gasteiger partial charge in [0.1, 0.15) is 0 Å². The van der Waals surface area contributed by atoms with Gasteiger partial charge in [-0.3, -0.25) is 9.58 Å². The molecule has 0 unspecified atom stereocenters. The van der Waals surface area contributed by atoms with Crippen molar-refractivity contribution in [1.29, 1.82) is 0 Å². The number of nitrogens with zero attached hydrogens (tertiary/aromatic N) is 3. The zero-order chi connectivity index (χ0) is 20.4. The van der Waals surface area contributed by atoms with E-state index in [1.165, 1.54) is 17.3 Å². The molecule has 2 aromatic rings. The summed E-state index contributed by atoms with van der Waals surface area (Å²) in [5.74, 6) is 0. The largest absolute Gasteiger partial charge is 0.376 e. The molecule has 1 aromatic carbocycles. The average molecular weight is 439 g/mol. The summed E-state index contributed by atoms with van der Waals surface area (Å²) in [6, 6.07) is 6.30. The number of aromatic nitrogens is 2. The molecule has 0 aliphatic carbocycles. The van der Waals surface area contributed by atoms with Crippen molar-refractivity contribution >= 4 is 21.6 Å². The highest BCUT2D eigenvalue weighted by Crippen LogP contribution is 2.24. The SMILES string of the molecule is CCn1nc(CN2CCC(NS(=O)(=O)c3cccc(Cl)c3)CC2)c2c1CCOC2. The van der Waals surface area contributed by atoms with Crippen molar-refractivity contribution in [3.05, 3.63) is 46.2 Å². The number of benzene rings is 1. The fraction of sp³-hybridized carbons (Fsp3) is 0.550. The quantitative estimate of drug-likeness (QED) is 0.750. The van der Waals surface area contributed by atoms with E-state index in [0.717, 1.165) is 57.7 Å². The molecule has 2 aliphatic rings. The first kappa shape index (κ1) is 20.8. The molecule has 7 nitrogen and oxygen atoms in total. The average Bonchev–Trinajstić information content (AvgIpc) is 3.07. The second-order valence-corrected chi connectivity index (χ2v) is 9.77. The highest BCUT2D eigenvalue weighted by molar-refractivity contribution is 7.89. The zero-order valence-corrected chi connectivity index (χ0v) is 18.2. The number of aryl methyl sites for hydroxylation is 1. The minimum Gasteiger partial charge on any atom is -0.376 e. The molecule has 29 heavy (non-hydrogen) atoms. The molecule has 0 saturated carbocycles. The number of rotatable bonds is 6. The standard InChI is InChI=1S/C20H27ClN4O3S/c1-2-25-20-8-11-28-14-18(20)19(22-25)13-24-9-6-16(7-10-24)23-29(26,27)17-5-3-4-15(21)12-17/h3-5,12,16,23H,2,6-11,13-14H2,1H3. The lowest BCUT2D eigenvalue weighted by atomic mass is 10.0. The van der Waals surface area contributed by atoms with Gasteiger partial charge in [-0.15, -0.1) is 0 Å². The molecule has 0 atom stereocenters. The molecule has 3 heterocycles. The molecule has 0 radical (unpaired) electrons. The van der Waals surface area contributed by atoms with Gasteiger partial charge in [0.2, 0.25) is 10.0 Å². The lowest BCUT2D eigenvalue weighted by Crippen LogP contribution is -2.44. The first-order chi connectivity index (χ1) is 14.0. The Morgan fingerprint density at radius 2 is 2.10 bits per heavy atom. The van der Waals surface area contributed by atoms with E-state index in [-0.39, 0.29) is 10.9 Å². The van der Waals surface area contributed by atoms with Crippen molar-refractivity contribution in [2.45, 2.75) is 56.8 Å². The molecule has 0 amide bonds. The van der Waals surface area contributed by atoms with Gasteiger partial charge in [-0.05, 0) is 38.0 Å². The van der Waals surface area contributed by atoms with E-state index >= 15 is 0 Å². The van der Waals surface area contributed by atoms with Crippen molar-refractivity contribution in [3.63, 3.8) is 0 Å². The summed E-state index contributed by atoms with van der Waals surface area (Å²) in [5.41, 5.74) is 3.64. The summed E-state index contributed by atoms with van der Waals surface area (Å²) in [6.07, 6.45) is 2.46. The maximum Gasteiger partial charge on any atom is 0.240 e. The van der Waals surface area contributed by atoms with Crippen molar-refractivity contribution in [2.75, 3.05) is 19.7 Å². The van der Waals surface area contributed by atoms with Gasteiger partial charge >= 0.3 is 0 Å². The van der Waals surface area contributed by atoms with Crippen molar-refractivity contribution in [1.82, 2.24) is 19.4 Å².